The Balaban J connectivity index is 1.26. The van der Waals surface area contributed by atoms with Crippen molar-refractivity contribution in [1.29, 1.82) is 0 Å². The third-order valence-electron chi connectivity index (χ3n) is 7.16. The van der Waals surface area contributed by atoms with Gasteiger partial charge in [0.15, 0.2) is 16.6 Å². The molecule has 0 fully saturated rings. The van der Waals surface area contributed by atoms with Crippen LogP contribution < -0.4 is 25.4 Å². The van der Waals surface area contributed by atoms with Crippen molar-refractivity contribution >= 4 is 73.6 Å². The number of thiazole rings is 1. The fraction of sp³-hybridized carbons (Fsp3) is 0.135. The summed E-state index contributed by atoms with van der Waals surface area (Å²) in [6.07, 6.45) is 2.18. The minimum absolute atomic E-state index is 0.0796. The third kappa shape index (κ3) is 9.59. The van der Waals surface area contributed by atoms with Crippen molar-refractivity contribution in [2.24, 2.45) is 0 Å². The van der Waals surface area contributed by atoms with Crippen molar-refractivity contribution in [3.8, 4) is 22.8 Å². The van der Waals surface area contributed by atoms with E-state index < -0.39 is 17.1 Å². The molecule has 0 spiro atoms. The van der Waals surface area contributed by atoms with Crippen LogP contribution in [0.5, 0.6) is 11.5 Å². The average molecular weight is 758 g/mol. The lowest BCUT2D eigenvalue weighted by Crippen LogP contribution is -2.30. The van der Waals surface area contributed by atoms with Crippen molar-refractivity contribution in [3.05, 3.63) is 124 Å². The fourth-order valence-electron chi connectivity index (χ4n) is 4.65. The van der Waals surface area contributed by atoms with Crippen LogP contribution in [-0.4, -0.2) is 42.2 Å². The molecule has 0 radical (unpaired) electrons. The van der Waals surface area contributed by atoms with E-state index in [9.17, 15) is 14.4 Å². The Morgan fingerprint density at radius 1 is 0.898 bits per heavy atom. The predicted octanol–water partition coefficient (Wildman–Crippen LogP) is 8.51. The number of nitrogens with zero attached hydrogens (tertiary/aromatic N) is 1. The predicted molar refractivity (Wildman–Crippen MR) is 200 cm³/mol. The normalized spacial score (nSPS) is 11.7. The van der Waals surface area contributed by atoms with Gasteiger partial charge in [-0.05, 0) is 78.7 Å². The van der Waals surface area contributed by atoms with Crippen LogP contribution in [0.3, 0.4) is 0 Å². The van der Waals surface area contributed by atoms with E-state index in [1.54, 1.807) is 62.8 Å². The van der Waals surface area contributed by atoms with Crippen molar-refractivity contribution in [2.75, 3.05) is 24.9 Å². The second-order valence-electron chi connectivity index (χ2n) is 10.5. The molecule has 1 unspecified atom stereocenters. The third-order valence-corrected chi connectivity index (χ3v) is 9.80. The summed E-state index contributed by atoms with van der Waals surface area (Å²) in [5, 5.41) is 10.5. The molecule has 49 heavy (non-hydrogen) atoms. The molecular weight excluding hydrogens is 724 g/mol. The molecule has 5 rings (SSSR count). The van der Waals surface area contributed by atoms with Gasteiger partial charge in [0, 0.05) is 31.6 Å². The molecule has 4 aromatic carbocycles. The number of anilines is 2. The van der Waals surface area contributed by atoms with E-state index in [-0.39, 0.29) is 11.6 Å². The van der Waals surface area contributed by atoms with Gasteiger partial charge in [0.1, 0.15) is 5.70 Å². The zero-order valence-corrected chi connectivity index (χ0v) is 30.1. The minimum atomic E-state index is -0.492. The first-order valence-electron chi connectivity index (χ1n) is 15.2. The van der Waals surface area contributed by atoms with Gasteiger partial charge in [-0.25, -0.2) is 4.98 Å². The van der Waals surface area contributed by atoms with Gasteiger partial charge in [0.05, 0.1) is 25.2 Å². The molecule has 0 bridgehead atoms. The number of aromatic nitrogens is 1. The van der Waals surface area contributed by atoms with Gasteiger partial charge >= 0.3 is 0 Å². The quantitative estimate of drug-likeness (QED) is 0.0815. The van der Waals surface area contributed by atoms with Crippen LogP contribution in [0.4, 0.5) is 10.8 Å². The van der Waals surface area contributed by atoms with Crippen LogP contribution in [0.25, 0.3) is 17.3 Å². The summed E-state index contributed by atoms with van der Waals surface area (Å²) in [6.45, 7) is 1.94. The Morgan fingerprint density at radius 3 is 2.37 bits per heavy atom. The van der Waals surface area contributed by atoms with Crippen molar-refractivity contribution in [3.63, 3.8) is 0 Å². The number of nitrogens with one attached hydrogen (secondary N) is 3. The van der Waals surface area contributed by atoms with E-state index in [0.29, 0.717) is 40.0 Å². The van der Waals surface area contributed by atoms with E-state index in [1.165, 1.54) is 23.1 Å². The zero-order chi connectivity index (χ0) is 34.8. The van der Waals surface area contributed by atoms with Crippen LogP contribution in [-0.2, 0) is 9.59 Å². The second kappa shape index (κ2) is 17.0. The van der Waals surface area contributed by atoms with Crippen molar-refractivity contribution < 1.29 is 23.9 Å². The molecule has 1 aromatic heterocycles. The lowest BCUT2D eigenvalue weighted by atomic mass is 10.1. The minimum Gasteiger partial charge on any atom is -0.493 e. The molecule has 250 valence electrons. The van der Waals surface area contributed by atoms with E-state index in [4.69, 9.17) is 9.47 Å². The molecule has 3 amide bonds. The second-order valence-corrected chi connectivity index (χ2v) is 13.6. The summed E-state index contributed by atoms with van der Waals surface area (Å²) in [4.78, 5) is 45.2. The number of hydrogen-bond donors (Lipinski definition) is 3. The zero-order valence-electron chi connectivity index (χ0n) is 26.9. The van der Waals surface area contributed by atoms with E-state index in [2.05, 4.69) is 36.9 Å². The number of rotatable bonds is 13. The number of ether oxygens (including phenoxy) is 2. The molecule has 0 aliphatic heterocycles. The van der Waals surface area contributed by atoms with Gasteiger partial charge in [-0.3, -0.25) is 14.4 Å². The lowest BCUT2D eigenvalue weighted by Gasteiger charge is -2.15. The van der Waals surface area contributed by atoms with Gasteiger partial charge < -0.3 is 25.4 Å². The van der Waals surface area contributed by atoms with Crippen LogP contribution in [0.2, 0.25) is 0 Å². The summed E-state index contributed by atoms with van der Waals surface area (Å²) in [5.41, 5.74) is 3.30. The Bertz CT molecular complexity index is 1970. The lowest BCUT2D eigenvalue weighted by molar-refractivity contribution is -0.116. The molecule has 9 nitrogen and oxygen atoms in total. The van der Waals surface area contributed by atoms with Crippen LogP contribution in [0.15, 0.2) is 118 Å². The highest BCUT2D eigenvalue weighted by Crippen LogP contribution is 2.34. The first kappa shape index (κ1) is 35.4. The smallest absolute Gasteiger partial charge is 0.272 e. The van der Waals surface area contributed by atoms with E-state index in [0.717, 1.165) is 20.5 Å². The maximum absolute atomic E-state index is 13.5. The van der Waals surface area contributed by atoms with Gasteiger partial charge in [-0.1, -0.05) is 59.3 Å². The van der Waals surface area contributed by atoms with Gasteiger partial charge in [0.25, 0.3) is 11.8 Å². The Hall–Kier alpha value is -4.91. The number of hydrogen-bond acceptors (Lipinski definition) is 8. The summed E-state index contributed by atoms with van der Waals surface area (Å²) in [7, 11) is 3.16. The van der Waals surface area contributed by atoms with Crippen LogP contribution >= 0.6 is 39.0 Å². The molecule has 0 saturated carbocycles. The number of amides is 3. The number of benzene rings is 4. The highest BCUT2D eigenvalue weighted by atomic mass is 79.9. The standard InChI is InChI=1S/C37H33BrN4O5S2/c1-4-33(36(45)42-37-41-30(22-48-37)25-15-18-31(46-2)32(20-25)47-3)49-28-12-8-11-27(21-28)39-35(44)29(19-23-13-16-26(38)17-14-23)40-34(43)24-9-6-5-7-10-24/h5-22,33H,4H2,1-3H3,(H,39,44)(H,40,43)(H,41,42,45)/b29-19-. The molecule has 1 atom stereocenters. The van der Waals surface area contributed by atoms with Crippen molar-refractivity contribution in [2.45, 2.75) is 23.5 Å². The van der Waals surface area contributed by atoms with Gasteiger partial charge in [-0.15, -0.1) is 23.1 Å². The largest absolute Gasteiger partial charge is 0.493 e. The number of carbonyl (C=O) groups excluding carboxylic acids is 3. The summed E-state index contributed by atoms with van der Waals surface area (Å²) >= 11 is 6.14. The summed E-state index contributed by atoms with van der Waals surface area (Å²) in [5.74, 6) is 0.130. The summed E-state index contributed by atoms with van der Waals surface area (Å²) < 4.78 is 11.6. The monoisotopic (exact) mass is 756 g/mol. The topological polar surface area (TPSA) is 119 Å². The Kier molecular flexibility index (Phi) is 12.3. The van der Waals surface area contributed by atoms with E-state index >= 15 is 0 Å². The Labute approximate surface area is 301 Å². The highest BCUT2D eigenvalue weighted by Gasteiger charge is 2.21. The number of halogens is 1. The van der Waals surface area contributed by atoms with Crippen molar-refractivity contribution in [1.82, 2.24) is 10.3 Å². The number of methoxy groups -OCH3 is 2. The van der Waals surface area contributed by atoms with Gasteiger partial charge in [0.2, 0.25) is 5.91 Å². The molecule has 3 N–H and O–H groups in total. The average Bonchev–Trinajstić information content (AvgIpc) is 3.59. The molecular formula is C37H33BrN4O5S2. The maximum Gasteiger partial charge on any atom is 0.272 e. The molecule has 0 saturated heterocycles. The van der Waals surface area contributed by atoms with Crippen LogP contribution in [0, 0.1) is 0 Å². The fourth-order valence-corrected chi connectivity index (χ4v) is 6.65. The first-order chi connectivity index (χ1) is 23.8. The SMILES string of the molecule is CCC(Sc1cccc(NC(=O)/C(=C/c2ccc(Br)cc2)NC(=O)c2ccccc2)c1)C(=O)Nc1nc(-c2ccc(OC)c(OC)c2)cs1. The molecule has 0 aliphatic carbocycles. The maximum atomic E-state index is 13.5. The van der Waals surface area contributed by atoms with Gasteiger partial charge in [-0.2, -0.15) is 0 Å². The highest BCUT2D eigenvalue weighted by molar-refractivity contribution is 9.10. The number of carbonyl (C=O) groups is 3. The summed E-state index contributed by atoms with van der Waals surface area (Å²) in [6, 6.07) is 28.8. The molecule has 5 aromatic rings. The molecule has 0 aliphatic rings. The van der Waals surface area contributed by atoms with E-state index in [1.807, 2.05) is 66.9 Å². The van der Waals surface area contributed by atoms with Crippen LogP contribution in [0.1, 0.15) is 29.3 Å². The Morgan fingerprint density at radius 2 is 1.65 bits per heavy atom. The number of thioether (sulfide) groups is 1. The first-order valence-corrected chi connectivity index (χ1v) is 17.7. The molecule has 1 heterocycles. The molecule has 12 heteroatoms.